The molecule has 0 unspecified atom stereocenters. The lowest BCUT2D eigenvalue weighted by Gasteiger charge is -2.01. The van der Waals surface area contributed by atoms with E-state index in [1.807, 2.05) is 6.92 Å². The standard InChI is InChI=1S/C8H14O2.C6H9NO.C6H10O3/c1-4-5-6-10-8(9)7(2)3;1-5(2)6-7-3-4-8-6;1-5(2)6(8)9-4-3-7/h2,4-6H2,1,3H3;1,3-4H2,2H3;7H,1,3-4H2,2H3. The van der Waals surface area contributed by atoms with Gasteiger partial charge in [-0.15, -0.1) is 0 Å². The fourth-order valence-electron chi connectivity index (χ4n) is 1.29. The summed E-state index contributed by atoms with van der Waals surface area (Å²) >= 11 is 0. The highest BCUT2D eigenvalue weighted by Gasteiger charge is 2.05. The van der Waals surface area contributed by atoms with Gasteiger partial charge in [0.05, 0.1) is 19.8 Å². The molecule has 1 rings (SSSR count). The van der Waals surface area contributed by atoms with Crippen molar-refractivity contribution in [1.29, 1.82) is 0 Å². The van der Waals surface area contributed by atoms with Crippen LogP contribution in [0.3, 0.4) is 0 Å². The first-order valence-electron chi connectivity index (χ1n) is 8.76. The van der Waals surface area contributed by atoms with Crippen LogP contribution in [0.4, 0.5) is 0 Å². The number of carbonyl (C=O) groups excluding carboxylic acids is 2. The van der Waals surface area contributed by atoms with E-state index in [-0.39, 0.29) is 19.2 Å². The average molecular weight is 383 g/mol. The number of carbonyl (C=O) groups is 2. The van der Waals surface area contributed by atoms with Crippen LogP contribution in [0, 0.1) is 0 Å². The summed E-state index contributed by atoms with van der Waals surface area (Å²) in [5.41, 5.74) is 1.74. The summed E-state index contributed by atoms with van der Waals surface area (Å²) in [5.74, 6) is -0.0116. The van der Waals surface area contributed by atoms with E-state index in [9.17, 15) is 9.59 Å². The molecule has 0 aromatic rings. The van der Waals surface area contributed by atoms with Crippen LogP contribution >= 0.6 is 0 Å². The Labute approximate surface area is 162 Å². The lowest BCUT2D eigenvalue weighted by molar-refractivity contribution is -0.140. The van der Waals surface area contributed by atoms with Crippen molar-refractivity contribution in [1.82, 2.24) is 0 Å². The molecule has 0 atom stereocenters. The van der Waals surface area contributed by atoms with E-state index < -0.39 is 5.97 Å². The van der Waals surface area contributed by atoms with E-state index in [2.05, 4.69) is 36.4 Å². The van der Waals surface area contributed by atoms with Gasteiger partial charge in [-0.05, 0) is 27.2 Å². The third kappa shape index (κ3) is 16.8. The molecule has 0 aliphatic carbocycles. The first kappa shape index (κ1) is 26.8. The number of ether oxygens (including phenoxy) is 3. The molecule has 0 radical (unpaired) electrons. The predicted octanol–water partition coefficient (Wildman–Crippen LogP) is 3.00. The van der Waals surface area contributed by atoms with Crippen LogP contribution in [0.15, 0.2) is 41.4 Å². The predicted molar refractivity (Wildman–Crippen MR) is 107 cm³/mol. The van der Waals surface area contributed by atoms with E-state index in [1.165, 1.54) is 0 Å². The molecule has 1 heterocycles. The van der Waals surface area contributed by atoms with Crippen molar-refractivity contribution >= 4 is 17.8 Å². The van der Waals surface area contributed by atoms with E-state index in [4.69, 9.17) is 14.6 Å². The molecule has 0 spiro atoms. The molecular formula is C20H33NO6. The third-order valence-corrected chi connectivity index (χ3v) is 2.70. The van der Waals surface area contributed by atoms with Gasteiger partial charge >= 0.3 is 11.9 Å². The fourth-order valence-corrected chi connectivity index (χ4v) is 1.29. The molecule has 0 saturated carbocycles. The van der Waals surface area contributed by atoms with Crippen LogP contribution in [0.5, 0.6) is 0 Å². The number of aliphatic hydroxyl groups excluding tert-OH is 1. The second kappa shape index (κ2) is 17.0. The van der Waals surface area contributed by atoms with Crippen LogP contribution in [0.1, 0.15) is 40.5 Å². The summed E-state index contributed by atoms with van der Waals surface area (Å²) in [6.45, 7) is 19.6. The highest BCUT2D eigenvalue weighted by Crippen LogP contribution is 2.01. The molecular weight excluding hydrogens is 350 g/mol. The molecule has 1 aliphatic heterocycles. The number of unbranched alkanes of at least 4 members (excludes halogenated alkanes) is 1. The quantitative estimate of drug-likeness (QED) is 0.393. The molecule has 1 N–H and O–H groups in total. The summed E-state index contributed by atoms with van der Waals surface area (Å²) in [6, 6.07) is 0. The second-order valence-electron chi connectivity index (χ2n) is 5.73. The van der Waals surface area contributed by atoms with Crippen LogP contribution in [0.2, 0.25) is 0 Å². The topological polar surface area (TPSA) is 94.4 Å². The van der Waals surface area contributed by atoms with Gasteiger partial charge in [-0.1, -0.05) is 33.1 Å². The van der Waals surface area contributed by atoms with Gasteiger partial charge in [0.1, 0.15) is 13.2 Å². The monoisotopic (exact) mass is 383 g/mol. The zero-order valence-corrected chi connectivity index (χ0v) is 17.0. The maximum Gasteiger partial charge on any atom is 0.333 e. The summed E-state index contributed by atoms with van der Waals surface area (Å²) < 4.78 is 14.3. The number of esters is 2. The Hall–Kier alpha value is -2.41. The fraction of sp³-hybridized carbons (Fsp3) is 0.550. The number of rotatable bonds is 8. The van der Waals surface area contributed by atoms with E-state index in [0.29, 0.717) is 17.8 Å². The van der Waals surface area contributed by atoms with Gasteiger partial charge in [-0.25, -0.2) is 14.6 Å². The van der Waals surface area contributed by atoms with Crippen molar-refractivity contribution < 1.29 is 28.9 Å². The molecule has 0 aromatic heterocycles. The summed E-state index contributed by atoms with van der Waals surface area (Å²) in [6.07, 6.45) is 1.97. The Morgan fingerprint density at radius 2 is 1.59 bits per heavy atom. The average Bonchev–Trinajstić information content (AvgIpc) is 3.15. The van der Waals surface area contributed by atoms with Crippen molar-refractivity contribution in [2.75, 3.05) is 33.0 Å². The van der Waals surface area contributed by atoms with Gasteiger partial charge in [-0.2, -0.15) is 0 Å². The van der Waals surface area contributed by atoms with Gasteiger partial charge in [0, 0.05) is 16.7 Å². The molecule has 0 bridgehead atoms. The van der Waals surface area contributed by atoms with Crippen molar-refractivity contribution in [2.24, 2.45) is 4.99 Å². The number of hydrogen-bond donors (Lipinski definition) is 1. The largest absolute Gasteiger partial charge is 0.476 e. The second-order valence-corrected chi connectivity index (χ2v) is 5.73. The van der Waals surface area contributed by atoms with Gasteiger partial charge < -0.3 is 19.3 Å². The molecule has 0 fully saturated rings. The lowest BCUT2D eigenvalue weighted by atomic mass is 10.3. The van der Waals surface area contributed by atoms with Crippen LogP contribution in [-0.4, -0.2) is 55.9 Å². The third-order valence-electron chi connectivity index (χ3n) is 2.70. The van der Waals surface area contributed by atoms with Crippen LogP contribution in [-0.2, 0) is 23.8 Å². The number of aliphatic imine (C=N–C) groups is 1. The van der Waals surface area contributed by atoms with Crippen molar-refractivity contribution in [3.63, 3.8) is 0 Å². The molecule has 154 valence electrons. The lowest BCUT2D eigenvalue weighted by Crippen LogP contribution is -2.08. The first-order chi connectivity index (χ1) is 12.7. The van der Waals surface area contributed by atoms with Crippen molar-refractivity contribution in [3.8, 4) is 0 Å². The Bertz CT molecular complexity index is 537. The summed E-state index contributed by atoms with van der Waals surface area (Å²) in [5, 5.41) is 8.19. The molecule has 27 heavy (non-hydrogen) atoms. The number of nitrogens with zero attached hydrogens (tertiary/aromatic N) is 1. The maximum absolute atomic E-state index is 10.7. The van der Waals surface area contributed by atoms with Crippen LogP contribution in [0.25, 0.3) is 0 Å². The van der Waals surface area contributed by atoms with E-state index >= 15 is 0 Å². The molecule has 0 amide bonds. The SMILES string of the molecule is C=C(C)C(=O)OCCCC.C=C(C)C(=O)OCCO.C=C(C)C1=NCCO1. The molecule has 0 saturated heterocycles. The number of aliphatic hydroxyl groups is 1. The Kier molecular flexibility index (Phi) is 16.9. The zero-order chi connectivity index (χ0) is 21.2. The Morgan fingerprint density at radius 3 is 1.89 bits per heavy atom. The minimum Gasteiger partial charge on any atom is -0.476 e. The molecule has 1 aliphatic rings. The van der Waals surface area contributed by atoms with Crippen molar-refractivity contribution in [2.45, 2.75) is 40.5 Å². The smallest absolute Gasteiger partial charge is 0.333 e. The highest BCUT2D eigenvalue weighted by atomic mass is 16.5. The Morgan fingerprint density at radius 1 is 1.07 bits per heavy atom. The Balaban J connectivity index is 0. The zero-order valence-electron chi connectivity index (χ0n) is 17.0. The van der Waals surface area contributed by atoms with Crippen molar-refractivity contribution in [3.05, 3.63) is 36.5 Å². The van der Waals surface area contributed by atoms with Gasteiger partial charge in [-0.3, -0.25) is 0 Å². The van der Waals surface area contributed by atoms with Gasteiger partial charge in [0.15, 0.2) is 0 Å². The van der Waals surface area contributed by atoms with Crippen LogP contribution < -0.4 is 0 Å². The van der Waals surface area contributed by atoms with Gasteiger partial charge in [0.2, 0.25) is 5.90 Å². The summed E-state index contributed by atoms with van der Waals surface area (Å²) in [7, 11) is 0. The van der Waals surface area contributed by atoms with Gasteiger partial charge in [0.25, 0.3) is 0 Å². The molecule has 0 aromatic carbocycles. The molecule has 7 nitrogen and oxygen atoms in total. The maximum atomic E-state index is 10.7. The normalized spacial score (nSPS) is 11.4. The number of hydrogen-bond acceptors (Lipinski definition) is 7. The minimum absolute atomic E-state index is 0.0473. The van der Waals surface area contributed by atoms with E-state index in [0.717, 1.165) is 37.5 Å². The first-order valence-corrected chi connectivity index (χ1v) is 8.76. The van der Waals surface area contributed by atoms with E-state index in [1.54, 1.807) is 13.8 Å². The minimum atomic E-state index is -0.455. The highest BCUT2D eigenvalue weighted by molar-refractivity contribution is 5.93. The summed E-state index contributed by atoms with van der Waals surface area (Å²) in [4.78, 5) is 25.2. The molecule has 7 heteroatoms.